The van der Waals surface area contributed by atoms with Crippen molar-refractivity contribution >= 4 is 0 Å². The second-order valence-electron chi connectivity index (χ2n) is 13.1. The monoisotopic (exact) mass is 596 g/mol. The lowest BCUT2D eigenvalue weighted by Gasteiger charge is -2.32. The maximum Gasteiger partial charge on any atom is 0.181 e. The molecule has 0 aromatic heterocycles. The van der Waals surface area contributed by atoms with E-state index in [1.807, 2.05) is 62.4 Å². The zero-order chi connectivity index (χ0) is 31.5. The summed E-state index contributed by atoms with van der Waals surface area (Å²) in [4.78, 5) is 0. The molecule has 6 heteroatoms. The zero-order valence-corrected chi connectivity index (χ0v) is 26.5. The third-order valence-electron chi connectivity index (χ3n) is 8.75. The van der Waals surface area contributed by atoms with Gasteiger partial charge in [0.1, 0.15) is 42.2 Å². The van der Waals surface area contributed by atoms with Gasteiger partial charge in [-0.25, -0.2) is 0 Å². The first-order chi connectivity index (χ1) is 20.8. The van der Waals surface area contributed by atoms with Gasteiger partial charge in [0.05, 0.1) is 6.61 Å². The van der Waals surface area contributed by atoms with Crippen LogP contribution in [0.3, 0.4) is 0 Å². The predicted octanol–water partition coefficient (Wildman–Crippen LogP) is 7.51. The van der Waals surface area contributed by atoms with Gasteiger partial charge in [-0.2, -0.15) is 0 Å². The molecule has 0 saturated carbocycles. The number of aliphatic hydroxyl groups excluding tert-OH is 1. The van der Waals surface area contributed by atoms with E-state index in [2.05, 4.69) is 64.1 Å². The molecule has 44 heavy (non-hydrogen) atoms. The van der Waals surface area contributed by atoms with Crippen molar-refractivity contribution in [1.29, 1.82) is 0 Å². The largest absolute Gasteiger partial charge is 0.508 e. The van der Waals surface area contributed by atoms with Crippen molar-refractivity contribution in [2.75, 3.05) is 13.2 Å². The summed E-state index contributed by atoms with van der Waals surface area (Å²) in [6.45, 7) is 13.8. The van der Waals surface area contributed by atoms with Crippen LogP contribution in [0.1, 0.15) is 69.4 Å². The van der Waals surface area contributed by atoms with Crippen LogP contribution in [0, 0.1) is 0 Å². The standard InChI is InChI=1S/C38H44O6/c1-36(2,27-9-7-26(8-10-27)23-42-35-25-43-35)30-15-21-33(22-16-30)44-38(5,6)34(40)24-41-32-19-13-29(14-20-32)37(3,4)28-11-17-31(39)18-12-28/h7-22,34-35,39-40H,23-25H2,1-6H3. The highest BCUT2D eigenvalue weighted by Gasteiger charge is 2.32. The van der Waals surface area contributed by atoms with E-state index in [9.17, 15) is 10.2 Å². The Hall–Kier alpha value is -3.84. The van der Waals surface area contributed by atoms with Crippen molar-refractivity contribution < 1.29 is 29.2 Å². The molecule has 0 bridgehead atoms. The molecule has 4 aromatic rings. The van der Waals surface area contributed by atoms with Crippen LogP contribution in [0.2, 0.25) is 0 Å². The smallest absolute Gasteiger partial charge is 0.181 e. The number of hydrogen-bond donors (Lipinski definition) is 2. The third kappa shape index (κ3) is 7.44. The van der Waals surface area contributed by atoms with Gasteiger partial charge in [0, 0.05) is 10.8 Å². The molecule has 1 fully saturated rings. The topological polar surface area (TPSA) is 80.7 Å². The third-order valence-corrected chi connectivity index (χ3v) is 8.75. The summed E-state index contributed by atoms with van der Waals surface area (Å²) >= 11 is 0. The molecular weight excluding hydrogens is 552 g/mol. The second kappa shape index (κ2) is 12.6. The van der Waals surface area contributed by atoms with E-state index in [-0.39, 0.29) is 29.5 Å². The van der Waals surface area contributed by atoms with Crippen LogP contribution in [-0.4, -0.2) is 41.4 Å². The fraction of sp³-hybridized carbons (Fsp3) is 0.368. The van der Waals surface area contributed by atoms with Gasteiger partial charge in [-0.3, -0.25) is 0 Å². The molecule has 6 nitrogen and oxygen atoms in total. The molecule has 1 aliphatic heterocycles. The van der Waals surface area contributed by atoms with E-state index in [1.54, 1.807) is 12.1 Å². The first-order valence-corrected chi connectivity index (χ1v) is 15.2. The molecule has 1 heterocycles. The van der Waals surface area contributed by atoms with Gasteiger partial charge in [-0.1, -0.05) is 88.4 Å². The Morgan fingerprint density at radius 3 is 1.59 bits per heavy atom. The van der Waals surface area contributed by atoms with E-state index in [0.29, 0.717) is 24.7 Å². The van der Waals surface area contributed by atoms with Crippen LogP contribution in [0.15, 0.2) is 97.1 Å². The van der Waals surface area contributed by atoms with Crippen molar-refractivity contribution in [2.24, 2.45) is 0 Å². The number of ether oxygens (including phenoxy) is 4. The molecule has 0 aliphatic carbocycles. The highest BCUT2D eigenvalue weighted by molar-refractivity contribution is 5.42. The van der Waals surface area contributed by atoms with Crippen molar-refractivity contribution in [3.8, 4) is 17.2 Å². The quantitative estimate of drug-likeness (QED) is 0.156. The summed E-state index contributed by atoms with van der Waals surface area (Å²) in [5.41, 5.74) is 4.42. The number of hydrogen-bond acceptors (Lipinski definition) is 6. The van der Waals surface area contributed by atoms with Gasteiger partial charge in [0.2, 0.25) is 0 Å². The Labute approximate surface area is 261 Å². The van der Waals surface area contributed by atoms with Crippen molar-refractivity contribution in [3.63, 3.8) is 0 Å². The molecule has 5 rings (SSSR count). The summed E-state index contributed by atoms with van der Waals surface area (Å²) in [7, 11) is 0. The molecule has 2 unspecified atom stereocenters. The number of aromatic hydroxyl groups is 1. The normalized spacial score (nSPS) is 15.9. The Kier molecular flexibility index (Phi) is 9.07. The molecule has 1 saturated heterocycles. The fourth-order valence-electron chi connectivity index (χ4n) is 5.21. The molecule has 0 radical (unpaired) electrons. The van der Waals surface area contributed by atoms with Crippen LogP contribution >= 0.6 is 0 Å². The van der Waals surface area contributed by atoms with Crippen LogP contribution in [0.25, 0.3) is 0 Å². The van der Waals surface area contributed by atoms with Crippen molar-refractivity contribution in [2.45, 2.75) is 77.0 Å². The number of rotatable bonds is 13. The number of phenolic OH excluding ortho intramolecular Hbond substituents is 1. The Bertz CT molecular complexity index is 1500. The van der Waals surface area contributed by atoms with Crippen molar-refractivity contribution in [3.05, 3.63) is 125 Å². The number of aliphatic hydroxyl groups is 1. The molecule has 2 atom stereocenters. The number of epoxide rings is 1. The minimum absolute atomic E-state index is 0.0420. The number of benzene rings is 4. The molecule has 232 valence electrons. The van der Waals surface area contributed by atoms with Gasteiger partial charge in [0.15, 0.2) is 6.29 Å². The van der Waals surface area contributed by atoms with E-state index in [1.165, 1.54) is 11.1 Å². The lowest BCUT2D eigenvalue weighted by atomic mass is 9.78. The highest BCUT2D eigenvalue weighted by atomic mass is 16.8. The lowest BCUT2D eigenvalue weighted by molar-refractivity contribution is -0.0492. The summed E-state index contributed by atoms with van der Waals surface area (Å²) in [5, 5.41) is 20.6. The zero-order valence-electron chi connectivity index (χ0n) is 26.5. The first-order valence-electron chi connectivity index (χ1n) is 15.2. The van der Waals surface area contributed by atoms with Gasteiger partial charge in [0.25, 0.3) is 0 Å². The van der Waals surface area contributed by atoms with Crippen LogP contribution in [-0.2, 0) is 26.9 Å². The van der Waals surface area contributed by atoms with Gasteiger partial charge in [-0.15, -0.1) is 0 Å². The Morgan fingerprint density at radius 1 is 0.682 bits per heavy atom. The SMILES string of the molecule is CC(C)(c1ccc(O)cc1)c1ccc(OCC(O)C(C)(C)Oc2ccc(C(C)(C)c3ccc(COC4CO4)cc3)cc2)cc1. The second-order valence-corrected chi connectivity index (χ2v) is 13.1. The van der Waals surface area contributed by atoms with Gasteiger partial charge >= 0.3 is 0 Å². The maximum absolute atomic E-state index is 11.0. The predicted molar refractivity (Wildman–Crippen MR) is 172 cm³/mol. The molecule has 0 spiro atoms. The van der Waals surface area contributed by atoms with E-state index < -0.39 is 11.7 Å². The molecule has 1 aliphatic rings. The molecule has 2 N–H and O–H groups in total. The van der Waals surface area contributed by atoms with E-state index in [0.717, 1.165) is 16.7 Å². The van der Waals surface area contributed by atoms with E-state index in [4.69, 9.17) is 18.9 Å². The van der Waals surface area contributed by atoms with Gasteiger partial charge in [-0.05, 0) is 78.1 Å². The van der Waals surface area contributed by atoms with E-state index >= 15 is 0 Å². The van der Waals surface area contributed by atoms with Gasteiger partial charge < -0.3 is 29.2 Å². The Balaban J connectivity index is 1.15. The van der Waals surface area contributed by atoms with Crippen molar-refractivity contribution in [1.82, 2.24) is 0 Å². The average Bonchev–Trinajstić information content (AvgIpc) is 3.84. The van der Waals surface area contributed by atoms with Crippen LogP contribution in [0.4, 0.5) is 0 Å². The molecular formula is C38H44O6. The summed E-state index contributed by atoms with van der Waals surface area (Å²) in [6.07, 6.45) is -0.902. The fourth-order valence-corrected chi connectivity index (χ4v) is 5.21. The molecule has 0 amide bonds. The Morgan fingerprint density at radius 2 is 1.11 bits per heavy atom. The minimum Gasteiger partial charge on any atom is -0.508 e. The summed E-state index contributed by atoms with van der Waals surface area (Å²) < 4.78 is 22.9. The summed E-state index contributed by atoms with van der Waals surface area (Å²) in [5.74, 6) is 1.61. The number of phenols is 1. The minimum atomic E-state index is -0.874. The average molecular weight is 597 g/mol. The lowest BCUT2D eigenvalue weighted by Crippen LogP contribution is -2.45. The highest BCUT2D eigenvalue weighted by Crippen LogP contribution is 2.35. The summed E-state index contributed by atoms with van der Waals surface area (Å²) in [6, 6.07) is 31.8. The molecule has 4 aromatic carbocycles. The maximum atomic E-state index is 11.0. The first kappa shape index (κ1) is 31.6. The van der Waals surface area contributed by atoms with Crippen LogP contribution < -0.4 is 9.47 Å². The van der Waals surface area contributed by atoms with Crippen LogP contribution in [0.5, 0.6) is 17.2 Å².